The van der Waals surface area contributed by atoms with E-state index in [1.165, 1.54) is 0 Å². The Morgan fingerprint density at radius 1 is 0.967 bits per heavy atom. The summed E-state index contributed by atoms with van der Waals surface area (Å²) in [7, 11) is -3.36. The molecular formula is C22H37N3O4S. The van der Waals surface area contributed by atoms with Gasteiger partial charge in [0, 0.05) is 36.3 Å². The predicted octanol–water partition coefficient (Wildman–Crippen LogP) is 3.77. The van der Waals surface area contributed by atoms with Gasteiger partial charge in [0.2, 0.25) is 15.9 Å². The first kappa shape index (κ1) is 26.1. The number of amides is 2. The fraction of sp³-hybridized carbons (Fsp3) is 0.636. The number of hydrogen-bond acceptors (Lipinski definition) is 4. The second-order valence-corrected chi connectivity index (χ2v) is 11.5. The minimum absolute atomic E-state index is 0.0319. The molecule has 1 aromatic rings. The Kier molecular flexibility index (Phi) is 9.49. The van der Waals surface area contributed by atoms with E-state index in [9.17, 15) is 18.0 Å². The van der Waals surface area contributed by atoms with Gasteiger partial charge in [-0.1, -0.05) is 0 Å². The highest BCUT2D eigenvalue weighted by molar-refractivity contribution is 7.90. The lowest BCUT2D eigenvalue weighted by atomic mass is 10.1. The number of sulfonamides is 1. The fourth-order valence-electron chi connectivity index (χ4n) is 2.97. The monoisotopic (exact) mass is 439 g/mol. The van der Waals surface area contributed by atoms with Crippen LogP contribution in [0.15, 0.2) is 24.3 Å². The second-order valence-electron chi connectivity index (χ2n) is 8.99. The molecule has 0 atom stereocenters. The van der Waals surface area contributed by atoms with E-state index in [-0.39, 0.29) is 23.9 Å². The van der Waals surface area contributed by atoms with Crippen LogP contribution in [0, 0.1) is 0 Å². The van der Waals surface area contributed by atoms with Crippen LogP contribution in [0.1, 0.15) is 78.1 Å². The van der Waals surface area contributed by atoms with Gasteiger partial charge in [-0.05, 0) is 85.6 Å². The quantitative estimate of drug-likeness (QED) is 0.543. The number of carbonyl (C=O) groups excluding carboxylic acids is 2. The largest absolute Gasteiger partial charge is 0.334 e. The minimum atomic E-state index is -3.36. The predicted molar refractivity (Wildman–Crippen MR) is 122 cm³/mol. The first-order chi connectivity index (χ1) is 13.8. The number of rotatable bonds is 10. The molecular weight excluding hydrogens is 402 g/mol. The fourth-order valence-corrected chi connectivity index (χ4v) is 3.81. The van der Waals surface area contributed by atoms with Crippen molar-refractivity contribution < 1.29 is 18.0 Å². The molecule has 0 aliphatic rings. The molecule has 0 bridgehead atoms. The Morgan fingerprint density at radius 3 is 1.97 bits per heavy atom. The maximum absolute atomic E-state index is 12.7. The summed E-state index contributed by atoms with van der Waals surface area (Å²) in [5, 5.41) is 2.81. The van der Waals surface area contributed by atoms with E-state index in [1.807, 2.05) is 32.6 Å². The first-order valence-electron chi connectivity index (χ1n) is 10.5. The van der Waals surface area contributed by atoms with Crippen LogP contribution < -0.4 is 10.0 Å². The van der Waals surface area contributed by atoms with Crippen LogP contribution in [0.4, 0.5) is 5.69 Å². The van der Waals surface area contributed by atoms with Gasteiger partial charge in [0.1, 0.15) is 0 Å². The molecule has 30 heavy (non-hydrogen) atoms. The summed E-state index contributed by atoms with van der Waals surface area (Å²) in [4.78, 5) is 26.6. The number of unbranched alkanes of at least 4 members (excludes halogenated alkanes) is 1. The van der Waals surface area contributed by atoms with Crippen molar-refractivity contribution in [3.05, 3.63) is 29.8 Å². The molecule has 0 unspecified atom stereocenters. The number of anilines is 1. The van der Waals surface area contributed by atoms with Gasteiger partial charge < -0.3 is 10.2 Å². The minimum Gasteiger partial charge on any atom is -0.334 e. The Morgan fingerprint density at radius 2 is 1.50 bits per heavy atom. The molecule has 8 heteroatoms. The van der Waals surface area contributed by atoms with Crippen molar-refractivity contribution in [3.8, 4) is 0 Å². The maximum Gasteiger partial charge on any atom is 0.254 e. The molecule has 2 amide bonds. The molecule has 0 saturated heterocycles. The van der Waals surface area contributed by atoms with Crippen molar-refractivity contribution in [2.24, 2.45) is 0 Å². The highest BCUT2D eigenvalue weighted by Crippen LogP contribution is 2.16. The van der Waals surface area contributed by atoms with Crippen LogP contribution in [0.5, 0.6) is 0 Å². The van der Waals surface area contributed by atoms with Crippen molar-refractivity contribution in [1.29, 1.82) is 0 Å². The average molecular weight is 440 g/mol. The van der Waals surface area contributed by atoms with E-state index < -0.39 is 14.8 Å². The van der Waals surface area contributed by atoms with Gasteiger partial charge >= 0.3 is 0 Å². The molecule has 1 aromatic carbocycles. The lowest BCUT2D eigenvalue weighted by Gasteiger charge is -2.30. The van der Waals surface area contributed by atoms with Gasteiger partial charge in [0.05, 0.1) is 4.75 Å². The standard InChI is InChI=1S/C22H37N3O4S/c1-16(2)25(17(3)4)21(27)18-11-13-19(14-12-18)24-20(26)10-8-9-15-23-30(28,29)22(5,6)7/h11-14,16-17,23H,8-10,15H2,1-7H3,(H,24,26). The molecule has 0 saturated carbocycles. The summed E-state index contributed by atoms with van der Waals surface area (Å²) in [5.41, 5.74) is 1.21. The molecule has 0 spiro atoms. The lowest BCUT2D eigenvalue weighted by molar-refractivity contribution is -0.116. The molecule has 0 heterocycles. The molecule has 0 aromatic heterocycles. The average Bonchev–Trinajstić information content (AvgIpc) is 2.60. The highest BCUT2D eigenvalue weighted by Gasteiger charge is 2.28. The Bertz CT molecular complexity index is 802. The van der Waals surface area contributed by atoms with Crippen LogP contribution in [-0.4, -0.2) is 48.5 Å². The Balaban J connectivity index is 2.49. The molecule has 0 aliphatic heterocycles. The second kappa shape index (κ2) is 10.9. The number of carbonyl (C=O) groups is 2. The van der Waals surface area contributed by atoms with Crippen molar-refractivity contribution in [2.75, 3.05) is 11.9 Å². The molecule has 0 aliphatic carbocycles. The molecule has 170 valence electrons. The molecule has 1 rings (SSSR count). The Labute approximate surface area is 181 Å². The van der Waals surface area contributed by atoms with E-state index in [0.717, 1.165) is 0 Å². The third kappa shape index (κ3) is 7.72. The summed E-state index contributed by atoms with van der Waals surface area (Å²) < 4.78 is 25.7. The topological polar surface area (TPSA) is 95.6 Å². The van der Waals surface area contributed by atoms with Crippen LogP contribution >= 0.6 is 0 Å². The highest BCUT2D eigenvalue weighted by atomic mass is 32.2. The SMILES string of the molecule is CC(C)N(C(=O)c1ccc(NC(=O)CCCCNS(=O)(=O)C(C)(C)C)cc1)C(C)C. The van der Waals surface area contributed by atoms with Crippen molar-refractivity contribution in [3.63, 3.8) is 0 Å². The van der Waals surface area contributed by atoms with Crippen LogP contribution in [-0.2, 0) is 14.8 Å². The molecule has 2 N–H and O–H groups in total. The van der Waals surface area contributed by atoms with Gasteiger partial charge in [-0.25, -0.2) is 13.1 Å². The van der Waals surface area contributed by atoms with Gasteiger partial charge in [0.15, 0.2) is 0 Å². The van der Waals surface area contributed by atoms with E-state index in [0.29, 0.717) is 37.1 Å². The van der Waals surface area contributed by atoms with E-state index in [2.05, 4.69) is 10.0 Å². The molecule has 7 nitrogen and oxygen atoms in total. The maximum atomic E-state index is 12.7. The molecule has 0 fully saturated rings. The number of hydrogen-bond donors (Lipinski definition) is 2. The summed E-state index contributed by atoms with van der Waals surface area (Å²) in [6, 6.07) is 7.09. The van der Waals surface area contributed by atoms with Crippen LogP contribution in [0.3, 0.4) is 0 Å². The van der Waals surface area contributed by atoms with Crippen molar-refractivity contribution >= 4 is 27.5 Å². The zero-order chi connectivity index (χ0) is 23.1. The molecule has 0 radical (unpaired) electrons. The number of nitrogens with one attached hydrogen (secondary N) is 2. The smallest absolute Gasteiger partial charge is 0.254 e. The third-order valence-corrected chi connectivity index (χ3v) is 6.89. The summed E-state index contributed by atoms with van der Waals surface area (Å²) in [6.07, 6.45) is 1.45. The normalized spacial score (nSPS) is 12.3. The van der Waals surface area contributed by atoms with Crippen molar-refractivity contribution in [1.82, 2.24) is 9.62 Å². The first-order valence-corrected chi connectivity index (χ1v) is 12.0. The van der Waals surface area contributed by atoms with E-state index in [4.69, 9.17) is 0 Å². The number of benzene rings is 1. The zero-order valence-electron chi connectivity index (χ0n) is 19.3. The van der Waals surface area contributed by atoms with E-state index in [1.54, 1.807) is 45.0 Å². The Hall–Kier alpha value is -1.93. The van der Waals surface area contributed by atoms with Gasteiger partial charge in [-0.2, -0.15) is 0 Å². The lowest BCUT2D eigenvalue weighted by Crippen LogP contribution is -2.42. The third-order valence-electron chi connectivity index (χ3n) is 4.69. The summed E-state index contributed by atoms with van der Waals surface area (Å²) in [5.74, 6) is -0.172. The van der Waals surface area contributed by atoms with Crippen LogP contribution in [0.25, 0.3) is 0 Å². The van der Waals surface area contributed by atoms with Gasteiger partial charge in [-0.15, -0.1) is 0 Å². The summed E-state index contributed by atoms with van der Waals surface area (Å²) >= 11 is 0. The van der Waals surface area contributed by atoms with Crippen LogP contribution in [0.2, 0.25) is 0 Å². The zero-order valence-corrected chi connectivity index (χ0v) is 20.1. The number of nitrogens with zero attached hydrogens (tertiary/aromatic N) is 1. The van der Waals surface area contributed by atoms with Gasteiger partial charge in [-0.3, -0.25) is 9.59 Å². The van der Waals surface area contributed by atoms with Crippen molar-refractivity contribution in [2.45, 2.75) is 84.6 Å². The van der Waals surface area contributed by atoms with Gasteiger partial charge in [0.25, 0.3) is 5.91 Å². The summed E-state index contributed by atoms with van der Waals surface area (Å²) in [6.45, 7) is 13.2. The van der Waals surface area contributed by atoms with E-state index >= 15 is 0 Å².